The topological polar surface area (TPSA) is 34.1 Å². The van der Waals surface area contributed by atoms with Gasteiger partial charge in [-0.1, -0.05) is 156 Å². The minimum atomic E-state index is 0.848. The molecule has 0 saturated heterocycles. The molecule has 0 saturated carbocycles. The van der Waals surface area contributed by atoms with E-state index in [1.807, 2.05) is 45.3 Å². The summed E-state index contributed by atoms with van der Waals surface area (Å²) in [6, 6.07) is 18.8. The molecule has 6 heterocycles. The first kappa shape index (κ1) is 52.9. The fourth-order valence-corrected chi connectivity index (χ4v) is 16.4. The second-order valence-corrected chi connectivity index (χ2v) is 25.0. The van der Waals surface area contributed by atoms with Gasteiger partial charge in [0.2, 0.25) is 0 Å². The highest BCUT2D eigenvalue weighted by molar-refractivity contribution is 7.30. The van der Waals surface area contributed by atoms with Crippen molar-refractivity contribution in [3.05, 3.63) is 80.5 Å². The van der Waals surface area contributed by atoms with Gasteiger partial charge in [-0.25, -0.2) is 0 Å². The molecule has 0 radical (unpaired) electrons. The molecule has 0 bridgehead atoms. The number of unbranched alkanes of at least 4 members (excludes halogenated alkanes) is 20. The van der Waals surface area contributed by atoms with Gasteiger partial charge in [-0.3, -0.25) is 9.59 Å². The highest BCUT2D eigenvalue weighted by Crippen LogP contribution is 2.50. The highest BCUT2D eigenvalue weighted by Gasteiger charge is 2.22. The molecular formula is C58H78O2S6. The second-order valence-electron chi connectivity index (χ2n) is 18.6. The summed E-state index contributed by atoms with van der Waals surface area (Å²) in [4.78, 5) is 39.4. The molecule has 6 aromatic heterocycles. The van der Waals surface area contributed by atoms with E-state index >= 15 is 0 Å². The lowest BCUT2D eigenvalue weighted by Crippen LogP contribution is -1.86. The van der Waals surface area contributed by atoms with Crippen LogP contribution in [0.25, 0.3) is 48.8 Å². The third kappa shape index (κ3) is 15.8. The van der Waals surface area contributed by atoms with Gasteiger partial charge in [-0.15, -0.1) is 68.0 Å². The van der Waals surface area contributed by atoms with Crippen molar-refractivity contribution in [3.63, 3.8) is 0 Å². The van der Waals surface area contributed by atoms with Crippen molar-refractivity contribution in [2.45, 2.75) is 207 Å². The van der Waals surface area contributed by atoms with Crippen LogP contribution in [0, 0.1) is 0 Å². The number of carbonyl (C=O) groups is 2. The minimum Gasteiger partial charge on any atom is -0.297 e. The van der Waals surface area contributed by atoms with Crippen molar-refractivity contribution in [2.24, 2.45) is 0 Å². The summed E-state index contributed by atoms with van der Waals surface area (Å²) in [6.45, 7) is 9.16. The fourth-order valence-electron chi connectivity index (χ4n) is 9.24. The summed E-state index contributed by atoms with van der Waals surface area (Å²) in [6.07, 6.45) is 37.4. The molecule has 8 heteroatoms. The molecule has 0 aliphatic heterocycles. The summed E-state index contributed by atoms with van der Waals surface area (Å²) in [7, 11) is 0. The summed E-state index contributed by atoms with van der Waals surface area (Å²) in [5.41, 5.74) is 5.70. The van der Waals surface area contributed by atoms with Gasteiger partial charge in [0.1, 0.15) is 0 Å². The van der Waals surface area contributed by atoms with E-state index in [0.29, 0.717) is 0 Å². The molecule has 66 heavy (non-hydrogen) atoms. The summed E-state index contributed by atoms with van der Waals surface area (Å²) in [5, 5.41) is 0. The first-order chi connectivity index (χ1) is 32.5. The van der Waals surface area contributed by atoms with Crippen LogP contribution in [0.1, 0.15) is 223 Å². The smallest absolute Gasteiger partial charge is 0.160 e. The van der Waals surface area contributed by atoms with Crippen molar-refractivity contribution in [2.75, 3.05) is 0 Å². The van der Waals surface area contributed by atoms with Crippen LogP contribution in [0.4, 0.5) is 0 Å². The Morgan fingerprint density at radius 1 is 0.303 bits per heavy atom. The minimum absolute atomic E-state index is 0.848. The average molecular weight is 1000 g/mol. The number of hydrogen-bond acceptors (Lipinski definition) is 8. The zero-order valence-electron chi connectivity index (χ0n) is 40.8. The summed E-state index contributed by atoms with van der Waals surface area (Å²) >= 11 is 11.2. The molecule has 0 aliphatic rings. The first-order valence-electron chi connectivity index (χ1n) is 26.1. The zero-order valence-corrected chi connectivity index (χ0v) is 45.7. The monoisotopic (exact) mass is 998 g/mol. The van der Waals surface area contributed by atoms with Gasteiger partial charge in [0.05, 0.1) is 9.75 Å². The number of carbonyl (C=O) groups excluding carboxylic acids is 2. The van der Waals surface area contributed by atoms with Crippen molar-refractivity contribution in [3.8, 4) is 48.8 Å². The Hall–Kier alpha value is -2.46. The van der Waals surface area contributed by atoms with Crippen LogP contribution in [0.15, 0.2) is 48.5 Å². The van der Waals surface area contributed by atoms with Gasteiger partial charge in [0, 0.05) is 48.8 Å². The molecule has 6 rings (SSSR count). The summed E-state index contributed by atoms with van der Waals surface area (Å²) < 4.78 is 0. The van der Waals surface area contributed by atoms with Gasteiger partial charge in [0.15, 0.2) is 12.6 Å². The lowest BCUT2D eigenvalue weighted by molar-refractivity contribution is 0.111. The Kier molecular flexibility index (Phi) is 23.7. The van der Waals surface area contributed by atoms with Gasteiger partial charge in [0.25, 0.3) is 0 Å². The molecule has 358 valence electrons. The predicted octanol–water partition coefficient (Wildman–Crippen LogP) is 21.6. The van der Waals surface area contributed by atoms with E-state index in [0.717, 1.165) is 48.0 Å². The third-order valence-corrected chi connectivity index (χ3v) is 20.7. The maximum absolute atomic E-state index is 12.0. The van der Waals surface area contributed by atoms with Crippen LogP contribution >= 0.6 is 68.0 Å². The van der Waals surface area contributed by atoms with E-state index in [1.165, 1.54) is 225 Å². The third-order valence-electron chi connectivity index (χ3n) is 13.1. The van der Waals surface area contributed by atoms with Crippen LogP contribution in [-0.4, -0.2) is 12.6 Å². The number of rotatable bonds is 35. The van der Waals surface area contributed by atoms with Crippen LogP contribution in [0.5, 0.6) is 0 Å². The van der Waals surface area contributed by atoms with Crippen molar-refractivity contribution >= 4 is 80.6 Å². The zero-order chi connectivity index (χ0) is 46.4. The Bertz CT molecular complexity index is 2140. The predicted molar refractivity (Wildman–Crippen MR) is 300 cm³/mol. The molecule has 0 aliphatic carbocycles. The molecule has 6 aromatic rings. The lowest BCUT2D eigenvalue weighted by Gasteiger charge is -2.04. The lowest BCUT2D eigenvalue weighted by atomic mass is 10.0. The quantitative estimate of drug-likeness (QED) is 0.0294. The van der Waals surface area contributed by atoms with E-state index < -0.39 is 0 Å². The Labute approximate surface area is 423 Å². The number of aryl methyl sites for hydroxylation is 4. The van der Waals surface area contributed by atoms with Gasteiger partial charge < -0.3 is 0 Å². The van der Waals surface area contributed by atoms with Crippen molar-refractivity contribution in [1.29, 1.82) is 0 Å². The second kappa shape index (κ2) is 29.5. The van der Waals surface area contributed by atoms with Gasteiger partial charge in [-0.05, 0) is 122 Å². The Morgan fingerprint density at radius 3 is 0.848 bits per heavy atom. The normalized spacial score (nSPS) is 11.6. The van der Waals surface area contributed by atoms with Crippen molar-refractivity contribution < 1.29 is 9.59 Å². The first-order valence-corrected chi connectivity index (χ1v) is 31.0. The van der Waals surface area contributed by atoms with Gasteiger partial charge in [-0.2, -0.15) is 0 Å². The number of aldehydes is 2. The maximum Gasteiger partial charge on any atom is 0.160 e. The fraction of sp³-hybridized carbons (Fsp3) is 0.552. The van der Waals surface area contributed by atoms with Crippen LogP contribution in [0.2, 0.25) is 0 Å². The van der Waals surface area contributed by atoms with Gasteiger partial charge >= 0.3 is 0 Å². The van der Waals surface area contributed by atoms with E-state index in [1.54, 1.807) is 22.7 Å². The van der Waals surface area contributed by atoms with Crippen molar-refractivity contribution in [1.82, 2.24) is 0 Å². The van der Waals surface area contributed by atoms with Crippen LogP contribution in [-0.2, 0) is 25.7 Å². The molecule has 0 fully saturated rings. The number of thiophene rings is 6. The van der Waals surface area contributed by atoms with E-state index in [4.69, 9.17) is 0 Å². The largest absolute Gasteiger partial charge is 0.297 e. The van der Waals surface area contributed by atoms with E-state index in [9.17, 15) is 9.59 Å². The summed E-state index contributed by atoms with van der Waals surface area (Å²) in [5.74, 6) is 0. The molecule has 2 nitrogen and oxygen atoms in total. The van der Waals surface area contributed by atoms with Crippen LogP contribution in [0.3, 0.4) is 0 Å². The Balaban J connectivity index is 1.29. The molecule has 0 atom stereocenters. The standard InChI is InChI=1S/C58H78O2S6/c1-5-9-13-17-21-25-29-43-37-47(41-59)61-55(43)49-33-35-51(63-49)57-45(31-27-23-19-15-11-7-3)39-53(65-57)54-40-46(32-28-24-20-16-12-8-4)58(66-54)52-36-34-50(64-52)56-44(38-48(42-60)62-56)30-26-22-18-14-10-6-2/h33-42H,5-32H2,1-4H3. The van der Waals surface area contributed by atoms with E-state index in [2.05, 4.69) is 76.2 Å². The molecule has 0 N–H and O–H groups in total. The molecule has 0 amide bonds. The van der Waals surface area contributed by atoms with Crippen LogP contribution < -0.4 is 0 Å². The molecular weight excluding hydrogens is 921 g/mol. The Morgan fingerprint density at radius 2 is 0.561 bits per heavy atom. The molecule has 0 spiro atoms. The molecule has 0 aromatic carbocycles. The number of hydrogen-bond donors (Lipinski definition) is 0. The molecule has 0 unspecified atom stereocenters. The SMILES string of the molecule is CCCCCCCCc1cc(C=O)sc1-c1ccc(-c2sc(-c3cc(CCCCCCCC)c(-c4ccc(-c5sc(C=O)cc5CCCCCCCC)s4)s3)cc2CCCCCCCC)s1. The van der Waals surface area contributed by atoms with E-state index in [-0.39, 0.29) is 0 Å². The maximum atomic E-state index is 12.0. The average Bonchev–Trinajstić information content (AvgIpc) is 4.20. The highest BCUT2D eigenvalue weighted by atomic mass is 32.1.